The Kier molecular flexibility index (Phi) is 6.74. The Morgan fingerprint density at radius 2 is 1.97 bits per heavy atom. The van der Waals surface area contributed by atoms with Gasteiger partial charge in [0.15, 0.2) is 16.8 Å². The summed E-state index contributed by atoms with van der Waals surface area (Å²) in [4.78, 5) is 29.8. The topological polar surface area (TPSA) is 84.2 Å². The van der Waals surface area contributed by atoms with Crippen LogP contribution in [0.5, 0.6) is 0 Å². The molecule has 0 aliphatic carbocycles. The standard InChI is InChI=1S/C20H18ClF2N3O3S/c1-10(27)9-26-19(29)14-5-3-12(21)7-17(14)25-20(26)30-11(2)18(28)24-13-4-6-15(22)16(23)8-13/h3-8,10-11,27H,9H2,1-2H3,(H,24,28)/t10-,11+/m1/s1. The number of hydrogen-bond donors (Lipinski definition) is 2. The van der Waals surface area contributed by atoms with Crippen molar-refractivity contribution in [1.82, 2.24) is 9.55 Å². The van der Waals surface area contributed by atoms with Crippen LogP contribution < -0.4 is 10.9 Å². The van der Waals surface area contributed by atoms with Crippen LogP contribution in [0.3, 0.4) is 0 Å². The zero-order chi connectivity index (χ0) is 22.0. The van der Waals surface area contributed by atoms with Gasteiger partial charge in [0.25, 0.3) is 5.56 Å². The van der Waals surface area contributed by atoms with Crippen molar-refractivity contribution in [2.45, 2.75) is 36.9 Å². The first kappa shape index (κ1) is 22.2. The summed E-state index contributed by atoms with van der Waals surface area (Å²) in [6.45, 7) is 3.11. The average Bonchev–Trinajstić information content (AvgIpc) is 2.67. The normalized spacial score (nSPS) is 13.3. The molecule has 0 bridgehead atoms. The van der Waals surface area contributed by atoms with Gasteiger partial charge in [-0.3, -0.25) is 14.2 Å². The molecule has 30 heavy (non-hydrogen) atoms. The highest BCUT2D eigenvalue weighted by Gasteiger charge is 2.21. The summed E-state index contributed by atoms with van der Waals surface area (Å²) < 4.78 is 27.7. The van der Waals surface area contributed by atoms with Gasteiger partial charge in [0, 0.05) is 16.8 Å². The Morgan fingerprint density at radius 3 is 2.63 bits per heavy atom. The summed E-state index contributed by atoms with van der Waals surface area (Å²) in [5.41, 5.74) is 0.101. The number of aromatic nitrogens is 2. The summed E-state index contributed by atoms with van der Waals surface area (Å²) in [6, 6.07) is 7.71. The first-order valence-corrected chi connectivity index (χ1v) is 10.2. The monoisotopic (exact) mass is 453 g/mol. The molecule has 1 heterocycles. The molecule has 2 atom stereocenters. The van der Waals surface area contributed by atoms with Gasteiger partial charge in [-0.1, -0.05) is 23.4 Å². The second-order valence-electron chi connectivity index (χ2n) is 6.70. The molecule has 1 aromatic heterocycles. The van der Waals surface area contributed by atoms with Gasteiger partial charge >= 0.3 is 0 Å². The molecular weight excluding hydrogens is 436 g/mol. The SMILES string of the molecule is C[C@H](Sc1nc2cc(Cl)ccc2c(=O)n1C[C@@H](C)O)C(=O)Nc1ccc(F)c(F)c1. The van der Waals surface area contributed by atoms with Crippen LogP contribution >= 0.6 is 23.4 Å². The van der Waals surface area contributed by atoms with E-state index in [9.17, 15) is 23.5 Å². The van der Waals surface area contributed by atoms with Crippen LogP contribution in [0.1, 0.15) is 13.8 Å². The molecule has 0 spiro atoms. The van der Waals surface area contributed by atoms with Gasteiger partial charge in [-0.2, -0.15) is 0 Å². The molecule has 10 heteroatoms. The first-order valence-electron chi connectivity index (χ1n) is 8.96. The number of amides is 1. The van der Waals surface area contributed by atoms with Gasteiger partial charge in [-0.25, -0.2) is 13.8 Å². The minimum atomic E-state index is -1.08. The second-order valence-corrected chi connectivity index (χ2v) is 8.44. The first-order chi connectivity index (χ1) is 14.2. The molecule has 1 amide bonds. The number of fused-ring (bicyclic) bond motifs is 1. The van der Waals surface area contributed by atoms with Crippen molar-refractivity contribution >= 4 is 45.9 Å². The zero-order valence-electron chi connectivity index (χ0n) is 16.0. The Morgan fingerprint density at radius 1 is 1.23 bits per heavy atom. The molecule has 6 nitrogen and oxygen atoms in total. The van der Waals surface area contributed by atoms with E-state index >= 15 is 0 Å². The van der Waals surface area contributed by atoms with Crippen LogP contribution in [0.25, 0.3) is 10.9 Å². The second kappa shape index (κ2) is 9.11. The van der Waals surface area contributed by atoms with Crippen molar-refractivity contribution in [3.63, 3.8) is 0 Å². The van der Waals surface area contributed by atoms with Gasteiger partial charge in [0.05, 0.1) is 28.8 Å². The third-order valence-corrected chi connectivity index (χ3v) is 5.49. The molecule has 2 aromatic carbocycles. The van der Waals surface area contributed by atoms with Crippen LogP contribution in [0.4, 0.5) is 14.5 Å². The number of anilines is 1. The van der Waals surface area contributed by atoms with E-state index in [1.54, 1.807) is 25.1 Å². The van der Waals surface area contributed by atoms with Gasteiger partial charge in [0.1, 0.15) is 0 Å². The van der Waals surface area contributed by atoms with Gasteiger partial charge in [-0.15, -0.1) is 0 Å². The summed E-state index contributed by atoms with van der Waals surface area (Å²) in [5.74, 6) is -2.58. The Balaban J connectivity index is 1.91. The van der Waals surface area contributed by atoms with Crippen molar-refractivity contribution in [3.05, 3.63) is 63.4 Å². The van der Waals surface area contributed by atoms with E-state index in [-0.39, 0.29) is 22.9 Å². The lowest BCUT2D eigenvalue weighted by Gasteiger charge is -2.17. The van der Waals surface area contributed by atoms with Gasteiger partial charge in [0.2, 0.25) is 5.91 Å². The quantitative estimate of drug-likeness (QED) is 0.438. The molecule has 0 fully saturated rings. The van der Waals surface area contributed by atoms with Gasteiger partial charge in [-0.05, 0) is 44.2 Å². The predicted molar refractivity (Wildman–Crippen MR) is 113 cm³/mol. The average molecular weight is 454 g/mol. The maximum Gasteiger partial charge on any atom is 0.262 e. The third kappa shape index (κ3) is 4.97. The molecule has 3 aromatic rings. The maximum atomic E-state index is 13.4. The number of carbonyl (C=O) groups excluding carboxylic acids is 1. The van der Waals surface area contributed by atoms with E-state index in [4.69, 9.17) is 11.6 Å². The van der Waals surface area contributed by atoms with Crippen molar-refractivity contribution < 1.29 is 18.7 Å². The fraction of sp³-hybridized carbons (Fsp3) is 0.250. The fourth-order valence-corrected chi connectivity index (χ4v) is 3.80. The summed E-state index contributed by atoms with van der Waals surface area (Å²) in [6.07, 6.45) is -0.820. The lowest BCUT2D eigenvalue weighted by Crippen LogP contribution is -2.29. The third-order valence-electron chi connectivity index (χ3n) is 4.17. The number of aliphatic hydroxyl groups is 1. The highest BCUT2D eigenvalue weighted by atomic mass is 35.5. The smallest absolute Gasteiger partial charge is 0.262 e. The molecule has 2 N–H and O–H groups in total. The number of halogens is 3. The molecule has 0 saturated carbocycles. The van der Waals surface area contributed by atoms with E-state index in [1.807, 2.05) is 0 Å². The number of thioether (sulfide) groups is 1. The van der Waals surface area contributed by atoms with Crippen LogP contribution in [-0.4, -0.2) is 31.9 Å². The number of nitrogens with one attached hydrogen (secondary N) is 1. The maximum absolute atomic E-state index is 13.4. The summed E-state index contributed by atoms with van der Waals surface area (Å²) >= 11 is 7.00. The molecule has 158 valence electrons. The number of rotatable bonds is 6. The molecule has 0 saturated heterocycles. The minimum Gasteiger partial charge on any atom is -0.392 e. The van der Waals surface area contributed by atoms with Crippen molar-refractivity contribution in [3.8, 4) is 0 Å². The largest absolute Gasteiger partial charge is 0.392 e. The van der Waals surface area contributed by atoms with E-state index < -0.39 is 28.9 Å². The highest BCUT2D eigenvalue weighted by molar-refractivity contribution is 8.00. The van der Waals surface area contributed by atoms with Crippen molar-refractivity contribution in [2.24, 2.45) is 0 Å². The number of hydrogen-bond acceptors (Lipinski definition) is 5. The predicted octanol–water partition coefficient (Wildman–Crippen LogP) is 3.83. The zero-order valence-corrected chi connectivity index (χ0v) is 17.6. The van der Waals surface area contributed by atoms with Crippen LogP contribution in [0.2, 0.25) is 5.02 Å². The lowest BCUT2D eigenvalue weighted by atomic mass is 10.2. The number of benzene rings is 2. The summed E-state index contributed by atoms with van der Waals surface area (Å²) in [5, 5.41) is 12.5. The Labute approximate surface area is 179 Å². The van der Waals surface area contributed by atoms with E-state index in [0.717, 1.165) is 23.9 Å². The molecule has 3 rings (SSSR count). The summed E-state index contributed by atoms with van der Waals surface area (Å²) in [7, 11) is 0. The highest BCUT2D eigenvalue weighted by Crippen LogP contribution is 2.25. The molecule has 0 unspecified atom stereocenters. The van der Waals surface area contributed by atoms with Crippen LogP contribution in [0, 0.1) is 11.6 Å². The lowest BCUT2D eigenvalue weighted by molar-refractivity contribution is -0.115. The molecule has 0 aliphatic heterocycles. The number of aliphatic hydroxyl groups excluding tert-OH is 1. The van der Waals surface area contributed by atoms with E-state index in [0.29, 0.717) is 15.9 Å². The number of nitrogens with zero attached hydrogens (tertiary/aromatic N) is 2. The van der Waals surface area contributed by atoms with E-state index in [2.05, 4.69) is 10.3 Å². The number of carbonyl (C=O) groups is 1. The fourth-order valence-electron chi connectivity index (χ4n) is 2.72. The Bertz CT molecular complexity index is 1170. The Hall–Kier alpha value is -2.49. The minimum absolute atomic E-state index is 0.00968. The molecule has 0 radical (unpaired) electrons. The molecular formula is C20H18ClF2N3O3S. The van der Waals surface area contributed by atoms with Crippen LogP contribution in [0.15, 0.2) is 46.3 Å². The van der Waals surface area contributed by atoms with Crippen molar-refractivity contribution in [2.75, 3.05) is 5.32 Å². The molecule has 0 aliphatic rings. The van der Waals surface area contributed by atoms with E-state index in [1.165, 1.54) is 17.6 Å². The van der Waals surface area contributed by atoms with Crippen molar-refractivity contribution in [1.29, 1.82) is 0 Å². The van der Waals surface area contributed by atoms with Gasteiger partial charge < -0.3 is 10.4 Å². The van der Waals surface area contributed by atoms with Crippen LogP contribution in [-0.2, 0) is 11.3 Å².